The van der Waals surface area contributed by atoms with Crippen LogP contribution in [0.3, 0.4) is 0 Å². The first kappa shape index (κ1) is 13.6. The number of carbonyl (C=O) groups is 1. The van der Waals surface area contributed by atoms with Crippen LogP contribution in [0.25, 0.3) is 0 Å². The van der Waals surface area contributed by atoms with E-state index < -0.39 is 17.5 Å². The average molecular weight is 242 g/mol. The molecule has 0 saturated heterocycles. The molecule has 0 spiro atoms. The number of methoxy groups -OCH3 is 2. The third kappa shape index (κ3) is 2.15. The fourth-order valence-corrected chi connectivity index (χ4v) is 2.17. The van der Waals surface area contributed by atoms with Crippen molar-refractivity contribution in [3.63, 3.8) is 0 Å². The zero-order valence-corrected chi connectivity index (χ0v) is 10.3. The minimum atomic E-state index is -1.46. The van der Waals surface area contributed by atoms with Gasteiger partial charge in [0.15, 0.2) is 11.4 Å². The summed E-state index contributed by atoms with van der Waals surface area (Å²) in [5.74, 6) is -1.39. The number of hydrogen-bond acceptors (Lipinski definition) is 4. The summed E-state index contributed by atoms with van der Waals surface area (Å²) in [5, 5.41) is 19.0. The van der Waals surface area contributed by atoms with E-state index in [0.29, 0.717) is 6.42 Å². The number of aliphatic hydroxyl groups excluding tert-OH is 1. The van der Waals surface area contributed by atoms with Gasteiger partial charge in [0.2, 0.25) is 0 Å². The van der Waals surface area contributed by atoms with Crippen molar-refractivity contribution < 1.29 is 24.5 Å². The van der Waals surface area contributed by atoms with E-state index in [1.807, 2.05) is 6.92 Å². The average Bonchev–Trinajstić information content (AvgIpc) is 2.30. The topological polar surface area (TPSA) is 76.0 Å². The summed E-state index contributed by atoms with van der Waals surface area (Å²) in [5.41, 5.74) is -1.46. The SMILES string of the molecule is CCCC1C(OC)=C(O)C=CC1(OC)C(=O)O. The molecular formula is C12H18O5. The highest BCUT2D eigenvalue weighted by atomic mass is 16.5. The van der Waals surface area contributed by atoms with Gasteiger partial charge in [-0.2, -0.15) is 0 Å². The Bertz CT molecular complexity index is 358. The van der Waals surface area contributed by atoms with Crippen molar-refractivity contribution in [1.82, 2.24) is 0 Å². The van der Waals surface area contributed by atoms with Crippen LogP contribution in [0.5, 0.6) is 0 Å². The Morgan fingerprint density at radius 3 is 2.59 bits per heavy atom. The molecule has 2 N–H and O–H groups in total. The monoisotopic (exact) mass is 242 g/mol. The lowest BCUT2D eigenvalue weighted by molar-refractivity contribution is -0.163. The summed E-state index contributed by atoms with van der Waals surface area (Å²) in [6.45, 7) is 1.94. The van der Waals surface area contributed by atoms with Crippen LogP contribution in [0.15, 0.2) is 23.7 Å². The summed E-state index contributed by atoms with van der Waals surface area (Å²) in [6.07, 6.45) is 3.99. The van der Waals surface area contributed by atoms with E-state index >= 15 is 0 Å². The van der Waals surface area contributed by atoms with Crippen LogP contribution < -0.4 is 0 Å². The lowest BCUT2D eigenvalue weighted by Gasteiger charge is -2.36. The predicted molar refractivity (Wildman–Crippen MR) is 61.6 cm³/mol. The Morgan fingerprint density at radius 2 is 2.18 bits per heavy atom. The van der Waals surface area contributed by atoms with Gasteiger partial charge >= 0.3 is 5.97 Å². The Kier molecular flexibility index (Phi) is 4.17. The van der Waals surface area contributed by atoms with E-state index in [4.69, 9.17) is 9.47 Å². The van der Waals surface area contributed by atoms with Crippen LogP contribution in [0.4, 0.5) is 0 Å². The van der Waals surface area contributed by atoms with Crippen molar-refractivity contribution in [2.24, 2.45) is 5.92 Å². The van der Waals surface area contributed by atoms with Gasteiger partial charge in [0.05, 0.1) is 13.0 Å². The normalized spacial score (nSPS) is 28.3. The largest absolute Gasteiger partial charge is 0.504 e. The van der Waals surface area contributed by atoms with Crippen LogP contribution in [0.1, 0.15) is 19.8 Å². The van der Waals surface area contributed by atoms with E-state index in [2.05, 4.69) is 0 Å². The molecule has 1 aliphatic carbocycles. The quantitative estimate of drug-likeness (QED) is 0.769. The van der Waals surface area contributed by atoms with E-state index in [1.54, 1.807) is 0 Å². The minimum Gasteiger partial charge on any atom is -0.504 e. The van der Waals surface area contributed by atoms with Crippen LogP contribution >= 0.6 is 0 Å². The molecule has 0 radical (unpaired) electrons. The lowest BCUT2D eigenvalue weighted by atomic mass is 9.79. The first-order valence-corrected chi connectivity index (χ1v) is 5.48. The van der Waals surface area contributed by atoms with Crippen molar-refractivity contribution in [3.8, 4) is 0 Å². The molecule has 5 heteroatoms. The van der Waals surface area contributed by atoms with E-state index in [1.165, 1.54) is 26.4 Å². The summed E-state index contributed by atoms with van der Waals surface area (Å²) in [6, 6.07) is 0. The third-order valence-corrected chi connectivity index (χ3v) is 3.04. The molecule has 0 amide bonds. The van der Waals surface area contributed by atoms with E-state index in [9.17, 15) is 15.0 Å². The van der Waals surface area contributed by atoms with Crippen LogP contribution in [-0.4, -0.2) is 36.0 Å². The number of hydrogen-bond donors (Lipinski definition) is 2. The van der Waals surface area contributed by atoms with Crippen molar-refractivity contribution in [3.05, 3.63) is 23.7 Å². The molecule has 0 bridgehead atoms. The maximum absolute atomic E-state index is 11.4. The van der Waals surface area contributed by atoms with Crippen molar-refractivity contribution in [1.29, 1.82) is 0 Å². The van der Waals surface area contributed by atoms with Gasteiger partial charge in [0, 0.05) is 7.11 Å². The van der Waals surface area contributed by atoms with Gasteiger partial charge in [-0.05, 0) is 18.6 Å². The smallest absolute Gasteiger partial charge is 0.340 e. The molecule has 1 aliphatic rings. The molecule has 1 rings (SSSR count). The van der Waals surface area contributed by atoms with Crippen LogP contribution in [-0.2, 0) is 14.3 Å². The fraction of sp³-hybridized carbons (Fsp3) is 0.583. The van der Waals surface area contributed by atoms with E-state index in [0.717, 1.165) is 6.42 Å². The first-order valence-electron chi connectivity index (χ1n) is 5.48. The summed E-state index contributed by atoms with van der Waals surface area (Å²) < 4.78 is 10.3. The van der Waals surface area contributed by atoms with Crippen molar-refractivity contribution in [2.75, 3.05) is 14.2 Å². The molecule has 2 atom stereocenters. The Balaban J connectivity index is 3.25. The molecule has 0 aromatic heterocycles. The number of ether oxygens (including phenoxy) is 2. The van der Waals surface area contributed by atoms with Gasteiger partial charge in [-0.15, -0.1) is 0 Å². The Morgan fingerprint density at radius 1 is 1.53 bits per heavy atom. The Labute approximate surface area is 100 Å². The van der Waals surface area contributed by atoms with Gasteiger partial charge in [-0.3, -0.25) is 0 Å². The Hall–Kier alpha value is -1.49. The molecule has 17 heavy (non-hydrogen) atoms. The first-order chi connectivity index (χ1) is 8.03. The van der Waals surface area contributed by atoms with Crippen LogP contribution in [0.2, 0.25) is 0 Å². The second kappa shape index (κ2) is 5.23. The fourth-order valence-electron chi connectivity index (χ4n) is 2.17. The van der Waals surface area contributed by atoms with Gasteiger partial charge in [0.1, 0.15) is 5.76 Å². The minimum absolute atomic E-state index is 0.0418. The van der Waals surface area contributed by atoms with Crippen molar-refractivity contribution in [2.45, 2.75) is 25.4 Å². The third-order valence-electron chi connectivity index (χ3n) is 3.04. The molecule has 0 saturated carbocycles. The molecule has 0 aromatic rings. The highest BCUT2D eigenvalue weighted by Crippen LogP contribution is 2.38. The molecule has 5 nitrogen and oxygen atoms in total. The second-order valence-electron chi connectivity index (χ2n) is 3.93. The molecule has 2 unspecified atom stereocenters. The summed E-state index contributed by atoms with van der Waals surface area (Å²) >= 11 is 0. The number of allylic oxidation sites excluding steroid dienone is 1. The summed E-state index contributed by atoms with van der Waals surface area (Å²) in [4.78, 5) is 11.4. The zero-order chi connectivity index (χ0) is 13.1. The van der Waals surface area contributed by atoms with Gasteiger partial charge in [0.25, 0.3) is 0 Å². The van der Waals surface area contributed by atoms with Crippen LogP contribution in [0, 0.1) is 5.92 Å². The highest BCUT2D eigenvalue weighted by molar-refractivity contribution is 5.82. The number of carboxylic acids is 1. The second-order valence-corrected chi connectivity index (χ2v) is 3.93. The molecule has 0 aliphatic heterocycles. The number of aliphatic hydroxyl groups is 1. The molecule has 0 aromatic carbocycles. The molecule has 0 heterocycles. The van der Waals surface area contributed by atoms with Gasteiger partial charge < -0.3 is 19.7 Å². The maximum Gasteiger partial charge on any atom is 0.340 e. The van der Waals surface area contributed by atoms with Gasteiger partial charge in [-0.1, -0.05) is 13.3 Å². The standard InChI is InChI=1S/C12H18O5/c1-4-5-8-10(16-2)9(13)6-7-12(8,17-3)11(14)15/h6-8,13H,4-5H2,1-3H3,(H,14,15). The molecule has 0 fully saturated rings. The van der Waals surface area contributed by atoms with Crippen molar-refractivity contribution >= 4 is 5.97 Å². The number of aliphatic carboxylic acids is 1. The lowest BCUT2D eigenvalue weighted by Crippen LogP contribution is -2.48. The highest BCUT2D eigenvalue weighted by Gasteiger charge is 2.49. The number of rotatable bonds is 5. The van der Waals surface area contributed by atoms with Gasteiger partial charge in [-0.25, -0.2) is 4.79 Å². The maximum atomic E-state index is 11.4. The zero-order valence-electron chi connectivity index (χ0n) is 10.3. The van der Waals surface area contributed by atoms with E-state index in [-0.39, 0.29) is 11.5 Å². The molecule has 96 valence electrons. The molecular weight excluding hydrogens is 224 g/mol. The summed E-state index contributed by atoms with van der Waals surface area (Å²) in [7, 11) is 2.76. The predicted octanol–water partition coefficient (Wildman–Crippen LogP) is 1.86. The number of carboxylic acid groups (broad SMARTS) is 1.